The van der Waals surface area contributed by atoms with E-state index in [1.54, 1.807) is 24.3 Å². The zero-order valence-corrected chi connectivity index (χ0v) is 18.8. The van der Waals surface area contributed by atoms with Crippen molar-refractivity contribution in [3.8, 4) is 5.75 Å². The van der Waals surface area contributed by atoms with Crippen LogP contribution < -0.4 is 10.6 Å². The van der Waals surface area contributed by atoms with Gasteiger partial charge in [0.1, 0.15) is 5.75 Å². The summed E-state index contributed by atoms with van der Waals surface area (Å²) in [5.74, 6) is -0.527. The van der Waals surface area contributed by atoms with Gasteiger partial charge in [0.2, 0.25) is 5.91 Å². The number of rotatable bonds is 7. The summed E-state index contributed by atoms with van der Waals surface area (Å²) in [6, 6.07) is 22.1. The molecule has 5 heteroatoms. The third kappa shape index (κ3) is 6.45. The standard InChI is InChI=1S/C27H30N2O3/c1-27(2,3)21-14-12-20(13-15-21)26(32)29-23-17-16-22(18-24(23)30)28-25(31)11-7-10-19-8-5-4-6-9-19/h4-6,8-9,12-18,30H,7,10-11H2,1-3H3,(H,28,31)(H,29,32). The SMILES string of the molecule is CC(C)(C)c1ccc(C(=O)Nc2ccc(NC(=O)CCCc3ccccc3)cc2O)cc1. The van der Waals surface area contributed by atoms with E-state index < -0.39 is 0 Å². The van der Waals surface area contributed by atoms with Crippen LogP contribution in [0, 0.1) is 0 Å². The highest BCUT2D eigenvalue weighted by molar-refractivity contribution is 6.05. The van der Waals surface area contributed by atoms with Crippen LogP contribution in [0.5, 0.6) is 5.75 Å². The average Bonchev–Trinajstić information content (AvgIpc) is 2.76. The Hall–Kier alpha value is -3.60. The monoisotopic (exact) mass is 430 g/mol. The van der Waals surface area contributed by atoms with E-state index in [-0.39, 0.29) is 28.7 Å². The average molecular weight is 431 g/mol. The maximum atomic E-state index is 12.5. The molecule has 5 nitrogen and oxygen atoms in total. The lowest BCUT2D eigenvalue weighted by Crippen LogP contribution is -2.15. The van der Waals surface area contributed by atoms with Gasteiger partial charge in [-0.25, -0.2) is 0 Å². The lowest BCUT2D eigenvalue weighted by atomic mass is 9.87. The van der Waals surface area contributed by atoms with Crippen molar-refractivity contribution in [2.75, 3.05) is 10.6 Å². The van der Waals surface area contributed by atoms with Gasteiger partial charge in [-0.1, -0.05) is 63.2 Å². The zero-order valence-electron chi connectivity index (χ0n) is 18.8. The van der Waals surface area contributed by atoms with Crippen molar-refractivity contribution in [2.24, 2.45) is 0 Å². The summed E-state index contributed by atoms with van der Waals surface area (Å²) < 4.78 is 0. The number of phenols is 1. The van der Waals surface area contributed by atoms with Crippen LogP contribution in [-0.4, -0.2) is 16.9 Å². The molecule has 0 heterocycles. The molecule has 3 N–H and O–H groups in total. The molecule has 0 spiro atoms. The number of nitrogens with one attached hydrogen (secondary N) is 2. The molecule has 0 atom stereocenters. The number of hydrogen-bond donors (Lipinski definition) is 3. The number of carbonyl (C=O) groups excluding carboxylic acids is 2. The van der Waals surface area contributed by atoms with Gasteiger partial charge in [-0.05, 0) is 53.6 Å². The molecule has 0 saturated carbocycles. The van der Waals surface area contributed by atoms with Gasteiger partial charge in [0, 0.05) is 23.7 Å². The Labute approximate surface area is 189 Å². The lowest BCUT2D eigenvalue weighted by Gasteiger charge is -2.19. The van der Waals surface area contributed by atoms with Crippen molar-refractivity contribution >= 4 is 23.2 Å². The number of aryl methyl sites for hydroxylation is 1. The largest absolute Gasteiger partial charge is 0.506 e. The molecule has 32 heavy (non-hydrogen) atoms. The molecule has 0 aliphatic heterocycles. The fourth-order valence-electron chi connectivity index (χ4n) is 3.35. The minimum Gasteiger partial charge on any atom is -0.506 e. The summed E-state index contributed by atoms with van der Waals surface area (Å²) in [5.41, 5.74) is 3.63. The second-order valence-corrected chi connectivity index (χ2v) is 8.90. The van der Waals surface area contributed by atoms with Crippen LogP contribution in [-0.2, 0) is 16.6 Å². The first-order valence-corrected chi connectivity index (χ1v) is 10.8. The summed E-state index contributed by atoms with van der Waals surface area (Å²) in [5, 5.41) is 15.8. The molecule has 3 aromatic carbocycles. The summed E-state index contributed by atoms with van der Waals surface area (Å²) >= 11 is 0. The van der Waals surface area contributed by atoms with E-state index in [1.807, 2.05) is 42.5 Å². The van der Waals surface area contributed by atoms with Gasteiger partial charge in [-0.2, -0.15) is 0 Å². The smallest absolute Gasteiger partial charge is 0.255 e. The third-order valence-electron chi connectivity index (χ3n) is 5.25. The van der Waals surface area contributed by atoms with Crippen LogP contribution >= 0.6 is 0 Å². The van der Waals surface area contributed by atoms with Gasteiger partial charge < -0.3 is 15.7 Å². The van der Waals surface area contributed by atoms with Crippen molar-refractivity contribution in [2.45, 2.75) is 45.4 Å². The lowest BCUT2D eigenvalue weighted by molar-refractivity contribution is -0.116. The van der Waals surface area contributed by atoms with Crippen molar-refractivity contribution in [1.82, 2.24) is 0 Å². The minimum atomic E-state index is -0.307. The fraction of sp³-hybridized carbons (Fsp3) is 0.259. The molecule has 0 saturated heterocycles. The first kappa shape index (κ1) is 23.1. The van der Waals surface area contributed by atoms with E-state index in [9.17, 15) is 14.7 Å². The Morgan fingerprint density at radius 1 is 0.875 bits per heavy atom. The number of benzene rings is 3. The van der Waals surface area contributed by atoms with Gasteiger partial charge in [0.05, 0.1) is 5.69 Å². The zero-order chi connectivity index (χ0) is 23.1. The molecule has 0 bridgehead atoms. The first-order chi connectivity index (χ1) is 15.2. The van der Waals surface area contributed by atoms with Crippen molar-refractivity contribution in [3.05, 3.63) is 89.5 Å². The molecule has 0 fully saturated rings. The molecular formula is C27H30N2O3. The van der Waals surface area contributed by atoms with Gasteiger partial charge in [-0.15, -0.1) is 0 Å². The topological polar surface area (TPSA) is 78.4 Å². The van der Waals surface area contributed by atoms with Gasteiger partial charge in [0.15, 0.2) is 0 Å². The predicted octanol–water partition coefficient (Wildman–Crippen LogP) is 5.90. The maximum absolute atomic E-state index is 12.5. The summed E-state index contributed by atoms with van der Waals surface area (Å²) in [7, 11) is 0. The van der Waals surface area contributed by atoms with Gasteiger partial charge >= 0.3 is 0 Å². The summed E-state index contributed by atoms with van der Waals surface area (Å²) in [4.78, 5) is 24.7. The first-order valence-electron chi connectivity index (χ1n) is 10.8. The van der Waals surface area contributed by atoms with Gasteiger partial charge in [-0.3, -0.25) is 9.59 Å². The number of carbonyl (C=O) groups is 2. The van der Waals surface area contributed by atoms with Crippen LogP contribution in [0.4, 0.5) is 11.4 Å². The summed E-state index contributed by atoms with van der Waals surface area (Å²) in [6.45, 7) is 6.34. The Morgan fingerprint density at radius 3 is 2.19 bits per heavy atom. The van der Waals surface area contributed by atoms with E-state index in [1.165, 1.54) is 11.6 Å². The molecule has 166 valence electrons. The Balaban J connectivity index is 1.54. The Kier molecular flexibility index (Phi) is 7.31. The van der Waals surface area contributed by atoms with E-state index in [0.717, 1.165) is 18.4 Å². The molecule has 3 aromatic rings. The molecule has 0 aliphatic carbocycles. The second-order valence-electron chi connectivity index (χ2n) is 8.90. The van der Waals surface area contributed by atoms with E-state index in [2.05, 4.69) is 31.4 Å². The highest BCUT2D eigenvalue weighted by Crippen LogP contribution is 2.28. The second kappa shape index (κ2) is 10.1. The Bertz CT molecular complexity index is 1070. The molecule has 0 aromatic heterocycles. The highest BCUT2D eigenvalue weighted by atomic mass is 16.3. The van der Waals surface area contributed by atoms with Crippen LogP contribution in [0.25, 0.3) is 0 Å². The van der Waals surface area contributed by atoms with Crippen LogP contribution in [0.15, 0.2) is 72.8 Å². The quantitative estimate of drug-likeness (QED) is 0.408. The van der Waals surface area contributed by atoms with E-state index in [0.29, 0.717) is 17.7 Å². The van der Waals surface area contributed by atoms with Crippen LogP contribution in [0.3, 0.4) is 0 Å². The van der Waals surface area contributed by atoms with Gasteiger partial charge in [0.25, 0.3) is 5.91 Å². The number of hydrogen-bond acceptors (Lipinski definition) is 3. The normalized spacial score (nSPS) is 11.1. The fourth-order valence-corrected chi connectivity index (χ4v) is 3.35. The number of aromatic hydroxyl groups is 1. The van der Waals surface area contributed by atoms with Crippen molar-refractivity contribution < 1.29 is 14.7 Å². The Morgan fingerprint density at radius 2 is 1.56 bits per heavy atom. The van der Waals surface area contributed by atoms with Crippen molar-refractivity contribution in [1.29, 1.82) is 0 Å². The summed E-state index contributed by atoms with van der Waals surface area (Å²) in [6.07, 6.45) is 1.96. The molecule has 0 aliphatic rings. The molecule has 3 rings (SSSR count). The van der Waals surface area contributed by atoms with E-state index in [4.69, 9.17) is 0 Å². The third-order valence-corrected chi connectivity index (χ3v) is 5.25. The van der Waals surface area contributed by atoms with E-state index >= 15 is 0 Å². The highest BCUT2D eigenvalue weighted by Gasteiger charge is 2.15. The predicted molar refractivity (Wildman–Crippen MR) is 129 cm³/mol. The number of anilines is 2. The van der Waals surface area contributed by atoms with Crippen molar-refractivity contribution in [3.63, 3.8) is 0 Å². The number of phenolic OH excluding ortho intramolecular Hbond substituents is 1. The molecule has 0 radical (unpaired) electrons. The van der Waals surface area contributed by atoms with Crippen LogP contribution in [0.2, 0.25) is 0 Å². The molecule has 2 amide bonds. The molecular weight excluding hydrogens is 400 g/mol. The number of amides is 2. The van der Waals surface area contributed by atoms with Crippen LogP contribution in [0.1, 0.15) is 55.1 Å². The maximum Gasteiger partial charge on any atom is 0.255 e. The minimum absolute atomic E-state index is 0.00901. The molecule has 0 unspecified atom stereocenters.